The molecule has 9 heteroatoms. The van der Waals surface area contributed by atoms with Crippen LogP contribution in [0.2, 0.25) is 5.02 Å². The Bertz CT molecular complexity index is 1270. The summed E-state index contributed by atoms with van der Waals surface area (Å²) in [5.41, 5.74) is 4.06. The van der Waals surface area contributed by atoms with Gasteiger partial charge in [-0.1, -0.05) is 28.9 Å². The van der Waals surface area contributed by atoms with Gasteiger partial charge < -0.3 is 14.6 Å². The molecule has 158 valence electrons. The number of hydrogen-bond acceptors (Lipinski definition) is 7. The highest BCUT2D eigenvalue weighted by molar-refractivity contribution is 6.30. The van der Waals surface area contributed by atoms with Crippen LogP contribution in [-0.4, -0.2) is 22.2 Å². The molecule has 4 rings (SSSR count). The van der Waals surface area contributed by atoms with Gasteiger partial charge in [0.25, 0.3) is 0 Å². The molecule has 0 aliphatic carbocycles. The van der Waals surface area contributed by atoms with Gasteiger partial charge in [-0.3, -0.25) is 10.1 Å². The quantitative estimate of drug-likeness (QED) is 0.304. The van der Waals surface area contributed by atoms with Gasteiger partial charge in [-0.25, -0.2) is 4.98 Å². The van der Waals surface area contributed by atoms with Crippen molar-refractivity contribution in [2.75, 3.05) is 12.4 Å². The molecule has 0 fully saturated rings. The van der Waals surface area contributed by atoms with Gasteiger partial charge in [0, 0.05) is 22.5 Å². The van der Waals surface area contributed by atoms with Crippen LogP contribution in [0.25, 0.3) is 22.0 Å². The molecular weight excluding hydrogens is 420 g/mol. The molecule has 4 aromatic rings. The van der Waals surface area contributed by atoms with E-state index in [1.807, 2.05) is 32.0 Å². The van der Waals surface area contributed by atoms with Crippen molar-refractivity contribution in [2.45, 2.75) is 20.4 Å². The highest BCUT2D eigenvalue weighted by Gasteiger charge is 2.22. The summed E-state index contributed by atoms with van der Waals surface area (Å²) < 4.78 is 10.9. The SMILES string of the molecule is COc1cc2c(NCc3ccc(Cl)cc3)c([N+](=O)[O-])cnc2cc1-c1c(C)noc1C. The van der Waals surface area contributed by atoms with Crippen molar-refractivity contribution in [3.05, 3.63) is 74.7 Å². The first-order valence-electron chi connectivity index (χ1n) is 9.45. The lowest BCUT2D eigenvalue weighted by Crippen LogP contribution is -2.04. The lowest BCUT2D eigenvalue weighted by atomic mass is 10.00. The van der Waals surface area contributed by atoms with E-state index in [2.05, 4.69) is 15.5 Å². The molecule has 0 spiro atoms. The minimum Gasteiger partial charge on any atom is -0.496 e. The lowest BCUT2D eigenvalue weighted by molar-refractivity contribution is -0.384. The van der Waals surface area contributed by atoms with Gasteiger partial charge in [0.15, 0.2) is 0 Å². The minimum absolute atomic E-state index is 0.117. The smallest absolute Gasteiger partial charge is 0.311 e. The van der Waals surface area contributed by atoms with Gasteiger partial charge in [-0.15, -0.1) is 0 Å². The first kappa shape index (κ1) is 20.6. The Morgan fingerprint density at radius 1 is 1.23 bits per heavy atom. The van der Waals surface area contributed by atoms with Gasteiger partial charge in [0.05, 0.1) is 28.8 Å². The summed E-state index contributed by atoms with van der Waals surface area (Å²) >= 11 is 5.94. The third-order valence-corrected chi connectivity index (χ3v) is 5.30. The van der Waals surface area contributed by atoms with E-state index in [0.717, 1.165) is 22.4 Å². The second-order valence-electron chi connectivity index (χ2n) is 7.02. The maximum Gasteiger partial charge on any atom is 0.311 e. The number of nitrogens with one attached hydrogen (secondary N) is 1. The molecule has 2 heterocycles. The normalized spacial score (nSPS) is 11.0. The van der Waals surface area contributed by atoms with Gasteiger partial charge in [-0.05, 0) is 43.7 Å². The highest BCUT2D eigenvalue weighted by Crippen LogP contribution is 2.41. The molecule has 8 nitrogen and oxygen atoms in total. The van der Waals surface area contributed by atoms with Crippen LogP contribution in [0.3, 0.4) is 0 Å². The van der Waals surface area contributed by atoms with E-state index in [9.17, 15) is 10.1 Å². The summed E-state index contributed by atoms with van der Waals surface area (Å²) in [7, 11) is 1.55. The summed E-state index contributed by atoms with van der Waals surface area (Å²) in [6.45, 7) is 4.05. The second kappa shape index (κ2) is 8.23. The number of benzene rings is 2. The van der Waals surface area contributed by atoms with Crippen LogP contribution >= 0.6 is 11.6 Å². The summed E-state index contributed by atoms with van der Waals surface area (Å²) in [6, 6.07) is 10.9. The standard InChI is InChI=1S/C22H19ClN4O4/c1-12-21(13(2)31-26-12)17-8-18-16(9-20(17)30-3)22(19(11-24-18)27(28)29)25-10-14-4-6-15(23)7-5-14/h4-9,11H,10H2,1-3H3,(H,24,25). The average Bonchev–Trinajstić information content (AvgIpc) is 3.09. The van der Waals surface area contributed by atoms with Crippen molar-refractivity contribution in [3.8, 4) is 16.9 Å². The average molecular weight is 439 g/mol. The predicted molar refractivity (Wildman–Crippen MR) is 119 cm³/mol. The van der Waals surface area contributed by atoms with E-state index in [0.29, 0.717) is 39.7 Å². The molecule has 0 saturated heterocycles. The fourth-order valence-corrected chi connectivity index (χ4v) is 3.68. The first-order chi connectivity index (χ1) is 14.9. The molecule has 0 amide bonds. The minimum atomic E-state index is -0.453. The van der Waals surface area contributed by atoms with Crippen LogP contribution in [0.4, 0.5) is 11.4 Å². The van der Waals surface area contributed by atoms with Gasteiger partial charge in [0.2, 0.25) is 0 Å². The molecule has 0 aliphatic rings. The maximum absolute atomic E-state index is 11.7. The number of methoxy groups -OCH3 is 1. The Labute approximate surface area is 182 Å². The molecular formula is C22H19ClN4O4. The Balaban J connectivity index is 1.86. The number of halogens is 1. The Kier molecular flexibility index (Phi) is 5.48. The first-order valence-corrected chi connectivity index (χ1v) is 9.83. The zero-order chi connectivity index (χ0) is 22.1. The second-order valence-corrected chi connectivity index (χ2v) is 7.46. The highest BCUT2D eigenvalue weighted by atomic mass is 35.5. The van der Waals surface area contributed by atoms with Crippen molar-refractivity contribution in [1.82, 2.24) is 10.1 Å². The fraction of sp³-hybridized carbons (Fsp3) is 0.182. The van der Waals surface area contributed by atoms with Crippen molar-refractivity contribution in [1.29, 1.82) is 0 Å². The molecule has 2 aromatic carbocycles. The molecule has 1 N–H and O–H groups in total. The molecule has 0 atom stereocenters. The summed E-state index contributed by atoms with van der Waals surface area (Å²) in [5, 5.41) is 20.1. The zero-order valence-electron chi connectivity index (χ0n) is 17.1. The molecule has 31 heavy (non-hydrogen) atoms. The molecule has 0 saturated carbocycles. The molecule has 0 radical (unpaired) electrons. The topological polar surface area (TPSA) is 103 Å². The number of aromatic nitrogens is 2. The molecule has 0 unspecified atom stereocenters. The van der Waals surface area contributed by atoms with Crippen molar-refractivity contribution in [2.24, 2.45) is 0 Å². The van der Waals surface area contributed by atoms with Crippen LogP contribution < -0.4 is 10.1 Å². The van der Waals surface area contributed by atoms with E-state index in [1.54, 1.807) is 25.3 Å². The molecule has 2 aromatic heterocycles. The van der Waals surface area contributed by atoms with Crippen molar-refractivity contribution in [3.63, 3.8) is 0 Å². The number of pyridine rings is 1. The van der Waals surface area contributed by atoms with Crippen molar-refractivity contribution < 1.29 is 14.2 Å². The van der Waals surface area contributed by atoms with Crippen LogP contribution in [0.5, 0.6) is 5.75 Å². The van der Waals surface area contributed by atoms with Gasteiger partial charge >= 0.3 is 5.69 Å². The van der Waals surface area contributed by atoms with Crippen LogP contribution in [0.15, 0.2) is 47.1 Å². The Morgan fingerprint density at radius 2 is 1.97 bits per heavy atom. The lowest BCUT2D eigenvalue weighted by Gasteiger charge is -2.14. The van der Waals surface area contributed by atoms with Crippen LogP contribution in [0.1, 0.15) is 17.0 Å². The molecule has 0 bridgehead atoms. The molecule has 0 aliphatic heterocycles. The van der Waals surface area contributed by atoms with Gasteiger partial charge in [0.1, 0.15) is 23.4 Å². The van der Waals surface area contributed by atoms with E-state index < -0.39 is 4.92 Å². The van der Waals surface area contributed by atoms with E-state index >= 15 is 0 Å². The number of nitro groups is 1. The number of fused-ring (bicyclic) bond motifs is 1. The number of ether oxygens (including phenoxy) is 1. The predicted octanol–water partition coefficient (Wildman–Crippen LogP) is 5.69. The number of rotatable bonds is 6. The third-order valence-electron chi connectivity index (χ3n) is 5.05. The summed E-state index contributed by atoms with van der Waals surface area (Å²) in [5.74, 6) is 1.19. The Morgan fingerprint density at radius 3 is 2.58 bits per heavy atom. The number of anilines is 1. The van der Waals surface area contributed by atoms with Crippen LogP contribution in [0, 0.1) is 24.0 Å². The van der Waals surface area contributed by atoms with Crippen LogP contribution in [-0.2, 0) is 6.54 Å². The monoisotopic (exact) mass is 438 g/mol. The zero-order valence-corrected chi connectivity index (χ0v) is 17.9. The van der Waals surface area contributed by atoms with Gasteiger partial charge in [-0.2, -0.15) is 0 Å². The van der Waals surface area contributed by atoms with E-state index in [4.69, 9.17) is 20.9 Å². The largest absolute Gasteiger partial charge is 0.496 e. The fourth-order valence-electron chi connectivity index (χ4n) is 3.56. The number of nitrogens with zero attached hydrogens (tertiary/aromatic N) is 3. The third kappa shape index (κ3) is 3.89. The van der Waals surface area contributed by atoms with E-state index in [-0.39, 0.29) is 5.69 Å². The van der Waals surface area contributed by atoms with E-state index in [1.165, 1.54) is 6.20 Å². The summed E-state index contributed by atoms with van der Waals surface area (Å²) in [4.78, 5) is 15.6. The number of hydrogen-bond donors (Lipinski definition) is 1. The van der Waals surface area contributed by atoms with Crippen molar-refractivity contribution >= 4 is 33.9 Å². The Hall–Kier alpha value is -3.65. The maximum atomic E-state index is 11.7. The summed E-state index contributed by atoms with van der Waals surface area (Å²) in [6.07, 6.45) is 1.26. The number of aryl methyl sites for hydroxylation is 2.